The molecule has 9 nitrogen and oxygen atoms in total. The summed E-state index contributed by atoms with van der Waals surface area (Å²) in [5.74, 6) is 1.95. The smallest absolute Gasteiger partial charge is 0.255 e. The highest BCUT2D eigenvalue weighted by atomic mass is 35.5. The summed E-state index contributed by atoms with van der Waals surface area (Å²) in [5.41, 5.74) is 2.77. The molecule has 39 heavy (non-hydrogen) atoms. The molecule has 5 rings (SSSR count). The zero-order valence-electron chi connectivity index (χ0n) is 21.6. The molecule has 1 unspecified atom stereocenters. The number of hydrogen-bond donors (Lipinski definition) is 2. The van der Waals surface area contributed by atoms with Gasteiger partial charge in [0, 0.05) is 21.8 Å². The Morgan fingerprint density at radius 3 is 2.44 bits per heavy atom. The van der Waals surface area contributed by atoms with Gasteiger partial charge in [-0.2, -0.15) is 4.98 Å². The number of rotatable bonds is 7. The summed E-state index contributed by atoms with van der Waals surface area (Å²) in [4.78, 5) is 18.6. The largest absolute Gasteiger partial charge is 0.495 e. The first-order valence-electron chi connectivity index (χ1n) is 11.9. The van der Waals surface area contributed by atoms with E-state index in [1.165, 1.54) is 0 Å². The van der Waals surface area contributed by atoms with Crippen LogP contribution in [0.15, 0.2) is 71.9 Å². The van der Waals surface area contributed by atoms with Gasteiger partial charge in [0.1, 0.15) is 11.8 Å². The Labute approximate surface area is 235 Å². The second-order valence-electron chi connectivity index (χ2n) is 8.63. The van der Waals surface area contributed by atoms with Crippen LogP contribution < -0.4 is 24.8 Å². The van der Waals surface area contributed by atoms with Gasteiger partial charge in [-0.1, -0.05) is 47.5 Å². The van der Waals surface area contributed by atoms with Crippen LogP contribution in [0.4, 0.5) is 11.6 Å². The summed E-state index contributed by atoms with van der Waals surface area (Å²) in [5, 5.41) is 11.9. The quantitative estimate of drug-likeness (QED) is 0.275. The number of hydrogen-bond acceptors (Lipinski definition) is 7. The lowest BCUT2D eigenvalue weighted by atomic mass is 9.94. The van der Waals surface area contributed by atoms with Gasteiger partial charge in [0.25, 0.3) is 5.91 Å². The molecule has 1 amide bonds. The minimum Gasteiger partial charge on any atom is -0.495 e. The van der Waals surface area contributed by atoms with E-state index in [0.717, 1.165) is 0 Å². The molecule has 3 aromatic carbocycles. The van der Waals surface area contributed by atoms with Crippen LogP contribution >= 0.6 is 23.2 Å². The maximum atomic E-state index is 13.9. The molecule has 0 aliphatic carbocycles. The third-order valence-corrected chi connectivity index (χ3v) is 6.90. The molecular formula is C28H25Cl2N5O4. The van der Waals surface area contributed by atoms with Gasteiger partial charge in [-0.15, -0.1) is 5.10 Å². The van der Waals surface area contributed by atoms with Crippen molar-refractivity contribution in [3.63, 3.8) is 0 Å². The molecule has 1 aliphatic rings. The summed E-state index contributed by atoms with van der Waals surface area (Å²) in [6.07, 6.45) is 0. The molecule has 2 N–H and O–H groups in total. The molecule has 0 saturated carbocycles. The number of fused-ring (bicyclic) bond motifs is 1. The van der Waals surface area contributed by atoms with Crippen molar-refractivity contribution in [3.05, 3.63) is 87.5 Å². The molecule has 11 heteroatoms. The Bertz CT molecular complexity index is 1600. The van der Waals surface area contributed by atoms with Crippen LogP contribution in [0.25, 0.3) is 11.4 Å². The Balaban J connectivity index is 1.68. The number of aromatic nitrogens is 3. The fourth-order valence-electron chi connectivity index (χ4n) is 4.58. The molecule has 0 radical (unpaired) electrons. The van der Waals surface area contributed by atoms with Crippen molar-refractivity contribution in [1.29, 1.82) is 0 Å². The van der Waals surface area contributed by atoms with E-state index < -0.39 is 6.04 Å². The summed E-state index contributed by atoms with van der Waals surface area (Å²) in [6.45, 7) is 1.81. The molecule has 4 aromatic rings. The summed E-state index contributed by atoms with van der Waals surface area (Å²) < 4.78 is 18.4. The van der Waals surface area contributed by atoms with Gasteiger partial charge >= 0.3 is 0 Å². The molecule has 0 fully saturated rings. The number of methoxy groups -OCH3 is 3. The average Bonchev–Trinajstić information content (AvgIpc) is 3.35. The summed E-state index contributed by atoms with van der Waals surface area (Å²) in [7, 11) is 4.66. The van der Waals surface area contributed by atoms with E-state index in [0.29, 0.717) is 67.2 Å². The maximum Gasteiger partial charge on any atom is 0.255 e. The highest BCUT2D eigenvalue weighted by Crippen LogP contribution is 2.44. The first-order valence-corrected chi connectivity index (χ1v) is 12.7. The van der Waals surface area contributed by atoms with E-state index in [9.17, 15) is 4.79 Å². The van der Waals surface area contributed by atoms with Crippen LogP contribution in [0.1, 0.15) is 18.5 Å². The molecule has 1 atom stereocenters. The second-order valence-corrected chi connectivity index (χ2v) is 9.47. The number of benzene rings is 3. The van der Waals surface area contributed by atoms with Gasteiger partial charge in [-0.05, 0) is 43.3 Å². The van der Waals surface area contributed by atoms with Crippen LogP contribution in [0.3, 0.4) is 0 Å². The standard InChI is InChI=1S/C28H25Cl2N5O4/c1-15-23(27(36)32-20-9-5-6-10-21(20)37-2)24(18-8-7-11-22(38-3)25(18)39-4)35-28(31-15)33-26(34-35)17-13-12-16(29)14-19(17)30/h5-14,24H,1-4H3,(H,32,36)(H,31,33,34). The number of allylic oxidation sites excluding steroid dienone is 1. The van der Waals surface area contributed by atoms with E-state index in [1.54, 1.807) is 62.4 Å². The van der Waals surface area contributed by atoms with Crippen LogP contribution in [-0.2, 0) is 4.79 Å². The van der Waals surface area contributed by atoms with Crippen molar-refractivity contribution in [3.8, 4) is 28.6 Å². The molecule has 2 heterocycles. The third-order valence-electron chi connectivity index (χ3n) is 6.35. The minimum absolute atomic E-state index is 0.355. The van der Waals surface area contributed by atoms with Gasteiger partial charge in [-0.25, -0.2) is 4.68 Å². The van der Waals surface area contributed by atoms with Gasteiger partial charge in [0.05, 0.1) is 37.6 Å². The zero-order chi connectivity index (χ0) is 27.7. The SMILES string of the molecule is COc1ccccc1NC(=O)C1=C(C)Nc2nc(-c3ccc(Cl)cc3Cl)nn2C1c1cccc(OC)c1OC. The molecule has 1 aromatic heterocycles. The topological polar surface area (TPSA) is 99.5 Å². The number of carbonyl (C=O) groups is 1. The van der Waals surface area contributed by atoms with Crippen LogP contribution in [-0.4, -0.2) is 42.0 Å². The number of nitrogens with zero attached hydrogens (tertiary/aromatic N) is 3. The second kappa shape index (κ2) is 10.9. The van der Waals surface area contributed by atoms with Crippen molar-refractivity contribution >= 4 is 40.7 Å². The Kier molecular flexibility index (Phi) is 7.36. The summed E-state index contributed by atoms with van der Waals surface area (Å²) in [6, 6.07) is 17.0. The monoisotopic (exact) mass is 565 g/mol. The number of halogens is 2. The fraction of sp³-hybridized carbons (Fsp3) is 0.179. The van der Waals surface area contributed by atoms with E-state index >= 15 is 0 Å². The fourth-order valence-corrected chi connectivity index (χ4v) is 5.08. The van der Waals surface area contributed by atoms with Crippen molar-refractivity contribution < 1.29 is 19.0 Å². The molecule has 200 valence electrons. The highest BCUT2D eigenvalue weighted by Gasteiger charge is 2.37. The Hall–Kier alpha value is -4.21. The lowest BCUT2D eigenvalue weighted by molar-refractivity contribution is -0.113. The average molecular weight is 566 g/mol. The predicted molar refractivity (Wildman–Crippen MR) is 151 cm³/mol. The number of nitrogens with one attached hydrogen (secondary N) is 2. The normalized spacial score (nSPS) is 14.4. The van der Waals surface area contributed by atoms with Crippen molar-refractivity contribution in [2.45, 2.75) is 13.0 Å². The van der Waals surface area contributed by atoms with Crippen molar-refractivity contribution in [2.75, 3.05) is 32.0 Å². The predicted octanol–water partition coefficient (Wildman–Crippen LogP) is 6.21. The third kappa shape index (κ3) is 4.86. The molecular weight excluding hydrogens is 541 g/mol. The number of amides is 1. The van der Waals surface area contributed by atoms with Crippen molar-refractivity contribution in [2.24, 2.45) is 0 Å². The number of para-hydroxylation sites is 3. The lowest BCUT2D eigenvalue weighted by Gasteiger charge is -2.30. The molecule has 1 aliphatic heterocycles. The van der Waals surface area contributed by atoms with Crippen molar-refractivity contribution in [1.82, 2.24) is 14.8 Å². The Morgan fingerprint density at radius 2 is 1.72 bits per heavy atom. The number of ether oxygens (including phenoxy) is 3. The molecule has 0 spiro atoms. The number of anilines is 2. The van der Waals surface area contributed by atoms with Crippen LogP contribution in [0.5, 0.6) is 17.2 Å². The van der Waals surface area contributed by atoms with Gasteiger partial charge < -0.3 is 24.8 Å². The van der Waals surface area contributed by atoms with Gasteiger partial charge in [0.15, 0.2) is 17.3 Å². The van der Waals surface area contributed by atoms with Gasteiger partial charge in [0.2, 0.25) is 5.95 Å². The summed E-state index contributed by atoms with van der Waals surface area (Å²) >= 11 is 12.6. The molecule has 0 saturated heterocycles. The number of carbonyl (C=O) groups excluding carboxylic acids is 1. The van der Waals surface area contributed by atoms with Crippen LogP contribution in [0.2, 0.25) is 10.0 Å². The van der Waals surface area contributed by atoms with Crippen LogP contribution in [0, 0.1) is 0 Å². The highest BCUT2D eigenvalue weighted by molar-refractivity contribution is 6.36. The van der Waals surface area contributed by atoms with E-state index in [2.05, 4.69) is 10.6 Å². The maximum absolute atomic E-state index is 13.9. The van der Waals surface area contributed by atoms with E-state index in [1.807, 2.05) is 31.2 Å². The minimum atomic E-state index is -0.728. The Morgan fingerprint density at radius 1 is 0.974 bits per heavy atom. The first-order chi connectivity index (χ1) is 18.9. The van der Waals surface area contributed by atoms with E-state index in [4.69, 9.17) is 47.5 Å². The lowest BCUT2D eigenvalue weighted by Crippen LogP contribution is -2.32. The first kappa shape index (κ1) is 26.4. The molecule has 0 bridgehead atoms. The zero-order valence-corrected chi connectivity index (χ0v) is 23.1. The van der Waals surface area contributed by atoms with E-state index in [-0.39, 0.29) is 5.91 Å². The van der Waals surface area contributed by atoms with Gasteiger partial charge in [-0.3, -0.25) is 4.79 Å².